The molecule has 0 radical (unpaired) electrons. The Morgan fingerprint density at radius 2 is 1.02 bits per heavy atom. The van der Waals surface area contributed by atoms with Crippen molar-refractivity contribution in [2.24, 2.45) is 0 Å². The first-order valence-electron chi connectivity index (χ1n) is 17.6. The number of benzene rings is 8. The summed E-state index contributed by atoms with van der Waals surface area (Å²) < 4.78 is 4.90. The van der Waals surface area contributed by atoms with Crippen LogP contribution in [0.4, 0.5) is 0 Å². The Bertz CT molecular complexity index is 3120. The molecular formula is C48H29N3S. The maximum atomic E-state index is 5.34. The fourth-order valence-corrected chi connectivity index (χ4v) is 9.20. The molecule has 0 N–H and O–H groups in total. The maximum Gasteiger partial charge on any atom is 0.161 e. The van der Waals surface area contributed by atoms with Crippen molar-refractivity contribution in [2.45, 2.75) is 0 Å². The SMILES string of the molecule is c1ccc(-c2cc(-c3ccccc3)nc(-c3cc(-n4c5ccccc5c5ccc6c7ccccc7ccc6c54)cc4c3sc3ccccc34)n2)cc1. The summed E-state index contributed by atoms with van der Waals surface area (Å²) in [6.45, 7) is 0. The molecule has 0 saturated heterocycles. The predicted octanol–water partition coefficient (Wildman–Crippen LogP) is 13.2. The molecule has 0 saturated carbocycles. The van der Waals surface area contributed by atoms with Gasteiger partial charge < -0.3 is 4.57 Å². The average Bonchev–Trinajstić information content (AvgIpc) is 3.77. The monoisotopic (exact) mass is 679 g/mol. The minimum atomic E-state index is 0.718. The van der Waals surface area contributed by atoms with Crippen LogP contribution >= 0.6 is 11.3 Å². The van der Waals surface area contributed by atoms with Gasteiger partial charge in [-0.3, -0.25) is 0 Å². The van der Waals surface area contributed by atoms with E-state index in [-0.39, 0.29) is 0 Å². The number of aromatic nitrogens is 3. The standard InChI is InChI=1S/C48H29N3S/c1-3-14-31(15-4-1)42-29-43(32-16-5-2-6-17-32)50-48(49-42)41-28-33(27-40-37-20-10-12-22-45(37)52-47(40)41)51-44-21-11-9-19-36(44)39-26-25-35-34-18-8-7-13-30(34)23-24-38(35)46(39)51/h1-29H. The fraction of sp³-hybridized carbons (Fsp3) is 0. The third-order valence-corrected chi connectivity index (χ3v) is 11.6. The van der Waals surface area contributed by atoms with Gasteiger partial charge in [0.05, 0.1) is 22.4 Å². The first-order chi connectivity index (χ1) is 25.8. The Hall–Kier alpha value is -6.62. The van der Waals surface area contributed by atoms with Crippen LogP contribution in [0.5, 0.6) is 0 Å². The molecular weight excluding hydrogens is 651 g/mol. The van der Waals surface area contributed by atoms with E-state index in [1.165, 1.54) is 63.5 Å². The van der Waals surface area contributed by atoms with E-state index in [1.807, 2.05) is 23.5 Å². The lowest BCUT2D eigenvalue weighted by Gasteiger charge is -2.14. The Morgan fingerprint density at radius 1 is 0.423 bits per heavy atom. The van der Waals surface area contributed by atoms with Crippen LogP contribution in [0.15, 0.2) is 176 Å². The molecule has 3 nitrogen and oxygen atoms in total. The molecule has 3 heterocycles. The third-order valence-electron chi connectivity index (χ3n) is 10.4. The summed E-state index contributed by atoms with van der Waals surface area (Å²) in [6, 6.07) is 63.0. The molecule has 0 spiro atoms. The van der Waals surface area contributed by atoms with Crippen molar-refractivity contribution >= 4 is 74.9 Å². The van der Waals surface area contributed by atoms with Crippen LogP contribution in [0.2, 0.25) is 0 Å². The molecule has 4 heteroatoms. The first kappa shape index (κ1) is 29.1. The van der Waals surface area contributed by atoms with Gasteiger partial charge in [-0.05, 0) is 46.5 Å². The van der Waals surface area contributed by atoms with Crippen LogP contribution in [0.3, 0.4) is 0 Å². The quantitative estimate of drug-likeness (QED) is 0.173. The molecule has 8 aromatic carbocycles. The highest BCUT2D eigenvalue weighted by Crippen LogP contribution is 2.44. The average molecular weight is 680 g/mol. The summed E-state index contributed by atoms with van der Waals surface area (Å²) in [5, 5.41) is 9.92. The van der Waals surface area contributed by atoms with Gasteiger partial charge in [-0.1, -0.05) is 146 Å². The van der Waals surface area contributed by atoms with E-state index in [9.17, 15) is 0 Å². The molecule has 0 atom stereocenters. The molecule has 0 aliphatic rings. The lowest BCUT2D eigenvalue weighted by Crippen LogP contribution is -1.99. The Morgan fingerprint density at radius 3 is 1.79 bits per heavy atom. The highest BCUT2D eigenvalue weighted by atomic mass is 32.1. The summed E-state index contributed by atoms with van der Waals surface area (Å²) in [6.07, 6.45) is 0. The van der Waals surface area contributed by atoms with E-state index >= 15 is 0 Å². The van der Waals surface area contributed by atoms with E-state index in [4.69, 9.17) is 9.97 Å². The summed E-state index contributed by atoms with van der Waals surface area (Å²) in [7, 11) is 0. The van der Waals surface area contributed by atoms with Gasteiger partial charge in [-0.15, -0.1) is 11.3 Å². The molecule has 0 aliphatic carbocycles. The van der Waals surface area contributed by atoms with Crippen molar-refractivity contribution in [2.75, 3.05) is 0 Å². The summed E-state index contributed by atoms with van der Waals surface area (Å²) in [5.41, 5.74) is 8.43. The van der Waals surface area contributed by atoms with Gasteiger partial charge in [0.2, 0.25) is 0 Å². The number of fused-ring (bicyclic) bond motifs is 10. The van der Waals surface area contributed by atoms with E-state index in [0.717, 1.165) is 39.6 Å². The molecule has 0 unspecified atom stereocenters. The van der Waals surface area contributed by atoms with Crippen molar-refractivity contribution in [3.63, 3.8) is 0 Å². The number of rotatable bonds is 4. The van der Waals surface area contributed by atoms with Gasteiger partial charge >= 0.3 is 0 Å². The van der Waals surface area contributed by atoms with Crippen LogP contribution < -0.4 is 0 Å². The van der Waals surface area contributed by atoms with Crippen molar-refractivity contribution in [3.05, 3.63) is 176 Å². The van der Waals surface area contributed by atoms with Crippen molar-refractivity contribution < 1.29 is 0 Å². The van der Waals surface area contributed by atoms with Gasteiger partial charge in [0.15, 0.2) is 5.82 Å². The van der Waals surface area contributed by atoms with Gasteiger partial charge in [0.25, 0.3) is 0 Å². The topological polar surface area (TPSA) is 30.7 Å². The zero-order valence-electron chi connectivity index (χ0n) is 28.0. The molecule has 11 rings (SSSR count). The van der Waals surface area contributed by atoms with Gasteiger partial charge in [0.1, 0.15) is 0 Å². The Balaban J connectivity index is 1.27. The zero-order chi connectivity index (χ0) is 34.2. The van der Waals surface area contributed by atoms with Crippen LogP contribution in [0.25, 0.3) is 103 Å². The van der Waals surface area contributed by atoms with E-state index in [2.05, 4.69) is 168 Å². The third kappa shape index (κ3) is 4.45. The maximum absolute atomic E-state index is 5.34. The minimum Gasteiger partial charge on any atom is -0.309 e. The van der Waals surface area contributed by atoms with E-state index in [1.54, 1.807) is 0 Å². The van der Waals surface area contributed by atoms with Crippen molar-refractivity contribution in [1.29, 1.82) is 0 Å². The van der Waals surface area contributed by atoms with Gasteiger partial charge in [-0.2, -0.15) is 0 Å². The van der Waals surface area contributed by atoms with E-state index < -0.39 is 0 Å². The second-order valence-corrected chi connectivity index (χ2v) is 14.4. The number of nitrogens with zero attached hydrogens (tertiary/aromatic N) is 3. The van der Waals surface area contributed by atoms with Crippen LogP contribution in [-0.4, -0.2) is 14.5 Å². The summed E-state index contributed by atoms with van der Waals surface area (Å²) >= 11 is 1.81. The van der Waals surface area contributed by atoms with Gasteiger partial charge in [0, 0.05) is 58.7 Å². The van der Waals surface area contributed by atoms with Crippen molar-refractivity contribution in [3.8, 4) is 39.6 Å². The lowest BCUT2D eigenvalue weighted by atomic mass is 9.99. The molecule has 0 amide bonds. The molecule has 52 heavy (non-hydrogen) atoms. The highest BCUT2D eigenvalue weighted by molar-refractivity contribution is 7.26. The number of hydrogen-bond acceptors (Lipinski definition) is 3. The molecule has 3 aromatic heterocycles. The van der Waals surface area contributed by atoms with E-state index in [0.29, 0.717) is 0 Å². The van der Waals surface area contributed by atoms with Crippen molar-refractivity contribution in [1.82, 2.24) is 14.5 Å². The lowest BCUT2D eigenvalue weighted by molar-refractivity contribution is 1.17. The van der Waals surface area contributed by atoms with Gasteiger partial charge in [-0.25, -0.2) is 9.97 Å². The molecule has 11 aromatic rings. The predicted molar refractivity (Wildman–Crippen MR) is 221 cm³/mol. The molecule has 0 bridgehead atoms. The zero-order valence-corrected chi connectivity index (χ0v) is 28.8. The van der Waals surface area contributed by atoms with Crippen LogP contribution in [0.1, 0.15) is 0 Å². The van der Waals surface area contributed by atoms with Crippen LogP contribution in [-0.2, 0) is 0 Å². The molecule has 0 aliphatic heterocycles. The second-order valence-electron chi connectivity index (χ2n) is 13.4. The highest BCUT2D eigenvalue weighted by Gasteiger charge is 2.21. The number of thiophene rings is 1. The number of hydrogen-bond donors (Lipinski definition) is 0. The fourth-order valence-electron chi connectivity index (χ4n) is 8.00. The first-order valence-corrected chi connectivity index (χ1v) is 18.4. The molecule has 242 valence electrons. The second kappa shape index (κ2) is 11.5. The smallest absolute Gasteiger partial charge is 0.161 e. The molecule has 0 fully saturated rings. The minimum absolute atomic E-state index is 0.718. The normalized spacial score (nSPS) is 11.8. The summed E-state index contributed by atoms with van der Waals surface area (Å²) in [5.74, 6) is 0.718. The Kier molecular flexibility index (Phi) is 6.42. The largest absolute Gasteiger partial charge is 0.309 e. The summed E-state index contributed by atoms with van der Waals surface area (Å²) in [4.78, 5) is 10.7. The number of para-hydroxylation sites is 1. The Labute approximate surface area is 303 Å². The van der Waals surface area contributed by atoms with Crippen LogP contribution in [0, 0.1) is 0 Å².